The molecule has 0 bridgehead atoms. The van der Waals surface area contributed by atoms with Gasteiger partial charge in [0.2, 0.25) is 0 Å². The summed E-state index contributed by atoms with van der Waals surface area (Å²) in [4.78, 5) is 0. The number of benzene rings is 4. The van der Waals surface area contributed by atoms with Gasteiger partial charge in [-0.1, -0.05) is 121 Å². The summed E-state index contributed by atoms with van der Waals surface area (Å²) in [5.41, 5.74) is 3.64. The van der Waals surface area contributed by atoms with Gasteiger partial charge in [-0.2, -0.15) is 0 Å². The molecule has 6 rings (SSSR count). The third kappa shape index (κ3) is 9.32. The fourth-order valence-electron chi connectivity index (χ4n) is 5.57. The number of aliphatic hydroxyl groups excluding tert-OH is 2. The highest BCUT2D eigenvalue weighted by Gasteiger charge is 2.29. The first-order valence-corrected chi connectivity index (χ1v) is 15.8. The second-order valence-corrected chi connectivity index (χ2v) is 11.2. The van der Waals surface area contributed by atoms with E-state index in [0.29, 0.717) is 0 Å². The van der Waals surface area contributed by atoms with Crippen LogP contribution in [0.3, 0.4) is 0 Å². The van der Waals surface area contributed by atoms with Crippen LogP contribution in [-0.4, -0.2) is 36.0 Å². The Morgan fingerprint density at radius 3 is 1.07 bits per heavy atom. The molecule has 44 heavy (non-hydrogen) atoms. The number of ether oxygens (including phenoxy) is 4. The first kappa shape index (κ1) is 32.0. The Balaban J connectivity index is 0.000000175. The first-order chi connectivity index (χ1) is 21.7. The van der Waals surface area contributed by atoms with E-state index in [1.165, 1.54) is 0 Å². The fraction of sp³-hybridized carbons (Fsp3) is 0.368. The Morgan fingerprint density at radius 2 is 0.773 bits per heavy atom. The SMILES string of the molecule is O[C@@H](c1ccccc1)[C@@H](OC1CCCCO1)c1ccccc1.O[C@H](c1ccccc1)[C@@H](OC1CCCCO1)c1ccccc1. The Hall–Kier alpha value is -3.36. The second-order valence-electron chi connectivity index (χ2n) is 11.2. The quantitative estimate of drug-likeness (QED) is 0.193. The van der Waals surface area contributed by atoms with Crippen LogP contribution in [0.25, 0.3) is 0 Å². The highest BCUT2D eigenvalue weighted by Crippen LogP contribution is 2.36. The van der Waals surface area contributed by atoms with Gasteiger partial charge in [0, 0.05) is 13.2 Å². The number of hydrogen-bond donors (Lipinski definition) is 2. The van der Waals surface area contributed by atoms with Crippen LogP contribution in [0.15, 0.2) is 121 Å². The van der Waals surface area contributed by atoms with Crippen molar-refractivity contribution in [1.29, 1.82) is 0 Å². The minimum absolute atomic E-state index is 0.239. The van der Waals surface area contributed by atoms with Gasteiger partial charge in [-0.15, -0.1) is 0 Å². The molecule has 2 saturated heterocycles. The van der Waals surface area contributed by atoms with Crippen molar-refractivity contribution in [2.45, 2.75) is 75.5 Å². The molecule has 2 aliphatic rings. The zero-order valence-electron chi connectivity index (χ0n) is 25.2. The van der Waals surface area contributed by atoms with Gasteiger partial charge in [0.1, 0.15) is 24.4 Å². The predicted molar refractivity (Wildman–Crippen MR) is 171 cm³/mol. The molecule has 4 aromatic rings. The lowest BCUT2D eigenvalue weighted by Crippen LogP contribution is -2.27. The van der Waals surface area contributed by atoms with Gasteiger partial charge in [-0.3, -0.25) is 0 Å². The highest BCUT2D eigenvalue weighted by molar-refractivity contribution is 5.26. The summed E-state index contributed by atoms with van der Waals surface area (Å²) < 4.78 is 23.6. The predicted octanol–water partition coefficient (Wildman–Crippen LogP) is 8.01. The number of aliphatic hydroxyl groups is 2. The van der Waals surface area contributed by atoms with Gasteiger partial charge in [0.25, 0.3) is 0 Å². The molecule has 0 radical (unpaired) electrons. The van der Waals surface area contributed by atoms with Crippen molar-refractivity contribution in [2.24, 2.45) is 0 Å². The standard InChI is InChI=1S/2C19H22O3/c2*20-18(15-9-3-1-4-10-15)19(16-11-5-2-6-12-16)22-17-13-7-8-14-21-17/h2*1-6,9-12,17-20H,7-8,13-14H2/t17?,18-,19+;17?,18-,19-/m10/s1. The van der Waals surface area contributed by atoms with E-state index in [0.717, 1.165) is 74.0 Å². The van der Waals surface area contributed by atoms with E-state index in [-0.39, 0.29) is 12.6 Å². The average molecular weight is 597 g/mol. The zero-order valence-corrected chi connectivity index (χ0v) is 25.2. The minimum atomic E-state index is -0.714. The van der Waals surface area contributed by atoms with E-state index >= 15 is 0 Å². The molecule has 0 aromatic heterocycles. The maximum absolute atomic E-state index is 10.8. The zero-order chi connectivity index (χ0) is 30.4. The molecule has 0 aliphatic carbocycles. The van der Waals surface area contributed by atoms with Crippen LogP contribution in [0.2, 0.25) is 0 Å². The van der Waals surface area contributed by atoms with Gasteiger partial charge in [-0.25, -0.2) is 0 Å². The smallest absolute Gasteiger partial charge is 0.158 e. The largest absolute Gasteiger partial charge is 0.385 e. The van der Waals surface area contributed by atoms with Crippen molar-refractivity contribution in [2.75, 3.05) is 13.2 Å². The molecule has 0 amide bonds. The normalized spacial score (nSPS) is 21.2. The lowest BCUT2D eigenvalue weighted by molar-refractivity contribution is -0.210. The Labute approximate surface area is 261 Å². The van der Waals surface area contributed by atoms with E-state index < -0.39 is 24.4 Å². The molecule has 0 spiro atoms. The Bertz CT molecular complexity index is 1200. The summed E-state index contributed by atoms with van der Waals surface area (Å²) in [6.07, 6.45) is 3.38. The topological polar surface area (TPSA) is 77.4 Å². The molecule has 6 heteroatoms. The third-order valence-corrected chi connectivity index (χ3v) is 7.98. The van der Waals surface area contributed by atoms with Crippen LogP contribution in [0.4, 0.5) is 0 Å². The molecule has 2 unspecified atom stereocenters. The van der Waals surface area contributed by atoms with Crippen LogP contribution in [0.5, 0.6) is 0 Å². The molecular formula is C38H44O6. The van der Waals surface area contributed by atoms with Gasteiger partial charge < -0.3 is 29.2 Å². The summed E-state index contributed by atoms with van der Waals surface area (Å²) in [5.74, 6) is 0. The monoisotopic (exact) mass is 596 g/mol. The van der Waals surface area contributed by atoms with Crippen LogP contribution < -0.4 is 0 Å². The third-order valence-electron chi connectivity index (χ3n) is 7.98. The molecule has 4 aromatic carbocycles. The van der Waals surface area contributed by atoms with E-state index in [1.54, 1.807) is 0 Å². The maximum Gasteiger partial charge on any atom is 0.158 e. The molecule has 2 N–H and O–H groups in total. The van der Waals surface area contributed by atoms with E-state index in [9.17, 15) is 10.2 Å². The fourth-order valence-corrected chi connectivity index (χ4v) is 5.57. The van der Waals surface area contributed by atoms with Crippen molar-refractivity contribution in [1.82, 2.24) is 0 Å². The van der Waals surface area contributed by atoms with E-state index in [1.807, 2.05) is 121 Å². The van der Waals surface area contributed by atoms with Crippen molar-refractivity contribution in [3.63, 3.8) is 0 Å². The van der Waals surface area contributed by atoms with Gasteiger partial charge >= 0.3 is 0 Å². The summed E-state index contributed by atoms with van der Waals surface area (Å²) in [6, 6.07) is 39.0. The summed E-state index contributed by atoms with van der Waals surface area (Å²) in [6.45, 7) is 1.46. The maximum atomic E-state index is 10.8. The lowest BCUT2D eigenvalue weighted by atomic mass is 9.98. The van der Waals surface area contributed by atoms with Gasteiger partial charge in [0.05, 0.1) is 0 Å². The van der Waals surface area contributed by atoms with Crippen LogP contribution >= 0.6 is 0 Å². The Morgan fingerprint density at radius 1 is 0.455 bits per heavy atom. The van der Waals surface area contributed by atoms with Crippen LogP contribution in [-0.2, 0) is 18.9 Å². The summed E-state index contributed by atoms with van der Waals surface area (Å²) in [5, 5.41) is 21.6. The van der Waals surface area contributed by atoms with Crippen molar-refractivity contribution in [3.05, 3.63) is 144 Å². The molecular weight excluding hydrogens is 552 g/mol. The summed E-state index contributed by atoms with van der Waals surface area (Å²) >= 11 is 0. The lowest BCUT2D eigenvalue weighted by Gasteiger charge is -2.30. The van der Waals surface area contributed by atoms with Crippen molar-refractivity contribution in [3.8, 4) is 0 Å². The van der Waals surface area contributed by atoms with Gasteiger partial charge in [0.15, 0.2) is 12.6 Å². The number of hydrogen-bond acceptors (Lipinski definition) is 6. The van der Waals surface area contributed by atoms with Crippen molar-refractivity contribution >= 4 is 0 Å². The molecule has 6 nitrogen and oxygen atoms in total. The Kier molecular flexibility index (Phi) is 12.5. The molecule has 2 aliphatic heterocycles. The van der Waals surface area contributed by atoms with Gasteiger partial charge in [-0.05, 0) is 60.8 Å². The second kappa shape index (κ2) is 17.2. The summed E-state index contributed by atoms with van der Waals surface area (Å²) in [7, 11) is 0. The molecule has 6 atom stereocenters. The molecule has 2 fully saturated rings. The van der Waals surface area contributed by atoms with Crippen molar-refractivity contribution < 1.29 is 29.2 Å². The van der Waals surface area contributed by atoms with Crippen LogP contribution in [0.1, 0.15) is 85.2 Å². The molecule has 232 valence electrons. The molecule has 2 heterocycles. The minimum Gasteiger partial charge on any atom is -0.385 e. The van der Waals surface area contributed by atoms with Crippen LogP contribution in [0, 0.1) is 0 Å². The number of rotatable bonds is 10. The highest BCUT2D eigenvalue weighted by atomic mass is 16.7. The average Bonchev–Trinajstić information content (AvgIpc) is 3.12. The first-order valence-electron chi connectivity index (χ1n) is 15.8. The molecule has 0 saturated carbocycles. The van der Waals surface area contributed by atoms with E-state index in [4.69, 9.17) is 18.9 Å². The van der Waals surface area contributed by atoms with E-state index in [2.05, 4.69) is 0 Å².